The third-order valence-electron chi connectivity index (χ3n) is 4.45. The van der Waals surface area contributed by atoms with E-state index in [0.717, 1.165) is 5.56 Å². The maximum atomic E-state index is 13.0. The molecule has 10 nitrogen and oxygen atoms in total. The van der Waals surface area contributed by atoms with Gasteiger partial charge in [-0.3, -0.25) is 14.6 Å². The number of ether oxygens (including phenoxy) is 2. The number of carbonyl (C=O) groups is 2. The van der Waals surface area contributed by atoms with E-state index in [-0.39, 0.29) is 40.5 Å². The van der Waals surface area contributed by atoms with Crippen molar-refractivity contribution in [3.8, 4) is 22.9 Å². The highest BCUT2D eigenvalue weighted by atomic mass is 35.5. The third-order valence-corrected chi connectivity index (χ3v) is 4.73. The van der Waals surface area contributed by atoms with Gasteiger partial charge in [-0.25, -0.2) is 0 Å². The Hall–Kier alpha value is -3.66. The number of methoxy groups -OCH3 is 1. The SMILES string of the molecule is COc1cc(C(=O)NC(c2nc(-c3ccncc3)no2)C(C)C)cc(Cl)c1OCC(N)=O. The number of benzene rings is 1. The average Bonchev–Trinajstić information content (AvgIpc) is 3.26. The molecule has 1 unspecified atom stereocenters. The van der Waals surface area contributed by atoms with E-state index in [1.807, 2.05) is 13.8 Å². The molecule has 0 radical (unpaired) electrons. The summed E-state index contributed by atoms with van der Waals surface area (Å²) in [6, 6.07) is 5.82. The molecule has 2 heterocycles. The summed E-state index contributed by atoms with van der Waals surface area (Å²) in [6.07, 6.45) is 3.25. The Labute approximate surface area is 189 Å². The molecule has 3 N–H and O–H groups in total. The molecule has 1 atom stereocenters. The van der Waals surface area contributed by atoms with Crippen LogP contribution in [0, 0.1) is 5.92 Å². The van der Waals surface area contributed by atoms with Crippen LogP contribution in [-0.4, -0.2) is 40.7 Å². The molecule has 11 heteroatoms. The molecule has 32 heavy (non-hydrogen) atoms. The Morgan fingerprint density at radius 2 is 1.97 bits per heavy atom. The molecule has 2 amide bonds. The molecular formula is C21H22ClN5O5. The van der Waals surface area contributed by atoms with E-state index in [0.29, 0.717) is 5.82 Å². The molecule has 0 saturated heterocycles. The second kappa shape index (κ2) is 10.1. The van der Waals surface area contributed by atoms with Gasteiger partial charge in [-0.15, -0.1) is 0 Å². The summed E-state index contributed by atoms with van der Waals surface area (Å²) in [7, 11) is 1.39. The summed E-state index contributed by atoms with van der Waals surface area (Å²) in [5.41, 5.74) is 6.06. The van der Waals surface area contributed by atoms with Crippen molar-refractivity contribution in [1.29, 1.82) is 0 Å². The van der Waals surface area contributed by atoms with Crippen molar-refractivity contribution >= 4 is 23.4 Å². The number of aromatic nitrogens is 3. The molecule has 3 rings (SSSR count). The van der Waals surface area contributed by atoms with Gasteiger partial charge in [0.1, 0.15) is 6.04 Å². The molecule has 0 aliphatic rings. The van der Waals surface area contributed by atoms with Gasteiger partial charge in [0.05, 0.1) is 12.1 Å². The number of pyridine rings is 1. The molecule has 0 bridgehead atoms. The van der Waals surface area contributed by atoms with E-state index in [4.69, 9.17) is 31.3 Å². The number of carbonyl (C=O) groups excluding carboxylic acids is 2. The Morgan fingerprint density at radius 3 is 2.59 bits per heavy atom. The number of amides is 2. The Kier molecular flexibility index (Phi) is 7.26. The largest absolute Gasteiger partial charge is 0.493 e. The van der Waals surface area contributed by atoms with Gasteiger partial charge in [-0.05, 0) is 30.2 Å². The maximum Gasteiger partial charge on any atom is 0.255 e. The van der Waals surface area contributed by atoms with Gasteiger partial charge < -0.3 is 25.0 Å². The first-order chi connectivity index (χ1) is 15.3. The van der Waals surface area contributed by atoms with Crippen molar-refractivity contribution in [2.45, 2.75) is 19.9 Å². The zero-order valence-corrected chi connectivity index (χ0v) is 18.4. The van der Waals surface area contributed by atoms with Crippen LogP contribution < -0.4 is 20.5 Å². The highest BCUT2D eigenvalue weighted by Gasteiger charge is 2.26. The molecule has 0 fully saturated rings. The maximum absolute atomic E-state index is 13.0. The van der Waals surface area contributed by atoms with Crippen LogP contribution in [0.3, 0.4) is 0 Å². The lowest BCUT2D eigenvalue weighted by atomic mass is 10.0. The fourth-order valence-electron chi connectivity index (χ4n) is 2.85. The summed E-state index contributed by atoms with van der Waals surface area (Å²) in [5, 5.41) is 6.97. The van der Waals surface area contributed by atoms with Gasteiger partial charge >= 0.3 is 0 Å². The van der Waals surface area contributed by atoms with Crippen molar-refractivity contribution in [1.82, 2.24) is 20.4 Å². The van der Waals surface area contributed by atoms with Crippen LogP contribution in [0.1, 0.15) is 36.1 Å². The van der Waals surface area contributed by atoms with Crippen LogP contribution >= 0.6 is 11.6 Å². The van der Waals surface area contributed by atoms with Crippen LogP contribution in [0.4, 0.5) is 0 Å². The third kappa shape index (κ3) is 5.33. The zero-order valence-electron chi connectivity index (χ0n) is 17.7. The van der Waals surface area contributed by atoms with Gasteiger partial charge in [0.15, 0.2) is 18.1 Å². The lowest BCUT2D eigenvalue weighted by molar-refractivity contribution is -0.119. The van der Waals surface area contributed by atoms with E-state index < -0.39 is 17.9 Å². The zero-order chi connectivity index (χ0) is 23.3. The number of hydrogen-bond acceptors (Lipinski definition) is 8. The summed E-state index contributed by atoms with van der Waals surface area (Å²) in [4.78, 5) is 32.4. The summed E-state index contributed by atoms with van der Waals surface area (Å²) in [5.74, 6) is -0.209. The quantitative estimate of drug-likeness (QED) is 0.497. The van der Waals surface area contributed by atoms with Crippen molar-refractivity contribution in [2.24, 2.45) is 11.7 Å². The number of hydrogen-bond donors (Lipinski definition) is 2. The summed E-state index contributed by atoms with van der Waals surface area (Å²) >= 11 is 6.25. The summed E-state index contributed by atoms with van der Waals surface area (Å²) < 4.78 is 15.9. The minimum atomic E-state index is -0.671. The highest BCUT2D eigenvalue weighted by molar-refractivity contribution is 6.32. The first kappa shape index (κ1) is 23.0. The molecule has 0 aliphatic heterocycles. The van der Waals surface area contributed by atoms with E-state index in [1.54, 1.807) is 24.5 Å². The predicted molar refractivity (Wildman–Crippen MR) is 115 cm³/mol. The number of rotatable bonds is 9. The van der Waals surface area contributed by atoms with Crippen LogP contribution in [0.5, 0.6) is 11.5 Å². The molecule has 0 spiro atoms. The lowest BCUT2D eigenvalue weighted by Crippen LogP contribution is -2.32. The fourth-order valence-corrected chi connectivity index (χ4v) is 3.12. The van der Waals surface area contributed by atoms with Gasteiger partial charge in [0, 0.05) is 23.5 Å². The molecule has 168 valence electrons. The van der Waals surface area contributed by atoms with E-state index >= 15 is 0 Å². The predicted octanol–water partition coefficient (Wildman–Crippen LogP) is 2.78. The number of primary amides is 1. The van der Waals surface area contributed by atoms with E-state index in [9.17, 15) is 9.59 Å². The minimum Gasteiger partial charge on any atom is -0.493 e. The Balaban J connectivity index is 1.83. The van der Waals surface area contributed by atoms with E-state index in [2.05, 4.69) is 20.4 Å². The lowest BCUT2D eigenvalue weighted by Gasteiger charge is -2.19. The van der Waals surface area contributed by atoms with Crippen molar-refractivity contribution in [3.05, 3.63) is 53.1 Å². The second-order valence-electron chi connectivity index (χ2n) is 7.13. The van der Waals surface area contributed by atoms with E-state index in [1.165, 1.54) is 19.2 Å². The van der Waals surface area contributed by atoms with Gasteiger partial charge in [-0.1, -0.05) is 30.6 Å². The number of halogens is 1. The van der Waals surface area contributed by atoms with Gasteiger partial charge in [0.25, 0.3) is 11.8 Å². The smallest absolute Gasteiger partial charge is 0.255 e. The Morgan fingerprint density at radius 1 is 1.25 bits per heavy atom. The molecule has 2 aromatic heterocycles. The molecule has 0 saturated carbocycles. The Bertz CT molecular complexity index is 1100. The minimum absolute atomic E-state index is 0.0553. The van der Waals surface area contributed by atoms with Crippen LogP contribution in [0.25, 0.3) is 11.4 Å². The number of nitrogens with two attached hydrogens (primary N) is 1. The highest BCUT2D eigenvalue weighted by Crippen LogP contribution is 2.36. The first-order valence-electron chi connectivity index (χ1n) is 9.63. The molecular weight excluding hydrogens is 438 g/mol. The van der Waals surface area contributed by atoms with Crippen LogP contribution in [-0.2, 0) is 4.79 Å². The van der Waals surface area contributed by atoms with Gasteiger partial charge in [0.2, 0.25) is 11.7 Å². The average molecular weight is 460 g/mol. The summed E-state index contributed by atoms with van der Waals surface area (Å²) in [6.45, 7) is 3.44. The second-order valence-corrected chi connectivity index (χ2v) is 7.54. The van der Waals surface area contributed by atoms with Crippen molar-refractivity contribution < 1.29 is 23.6 Å². The molecule has 3 aromatic rings. The molecule has 0 aliphatic carbocycles. The first-order valence-corrected chi connectivity index (χ1v) is 10.0. The number of nitrogens with zero attached hydrogens (tertiary/aromatic N) is 3. The van der Waals surface area contributed by atoms with Crippen molar-refractivity contribution in [3.63, 3.8) is 0 Å². The standard InChI is InChI=1S/C21H22ClN5O5/c1-11(2)17(21-26-19(27-32-21)12-4-6-24-7-5-12)25-20(29)13-8-14(22)18(15(9-13)30-3)31-10-16(23)28/h4-9,11,17H,10H2,1-3H3,(H2,23,28)(H,25,29). The van der Waals surface area contributed by atoms with Crippen molar-refractivity contribution in [2.75, 3.05) is 13.7 Å². The van der Waals surface area contributed by atoms with Crippen LogP contribution in [0.15, 0.2) is 41.2 Å². The normalized spacial score (nSPS) is 11.8. The van der Waals surface area contributed by atoms with Crippen LogP contribution in [0.2, 0.25) is 5.02 Å². The number of nitrogens with one attached hydrogen (secondary N) is 1. The molecule has 1 aromatic carbocycles. The fraction of sp³-hybridized carbons (Fsp3) is 0.286. The van der Waals surface area contributed by atoms with Gasteiger partial charge in [-0.2, -0.15) is 4.98 Å². The monoisotopic (exact) mass is 459 g/mol. The topological polar surface area (TPSA) is 142 Å².